The van der Waals surface area contributed by atoms with Gasteiger partial charge in [-0.1, -0.05) is 18.2 Å². The summed E-state index contributed by atoms with van der Waals surface area (Å²) in [5, 5.41) is 0. The van der Waals surface area contributed by atoms with Crippen molar-refractivity contribution in [3.8, 4) is 0 Å². The molecule has 13 heavy (non-hydrogen) atoms. The van der Waals surface area contributed by atoms with Gasteiger partial charge >= 0.3 is 0 Å². The van der Waals surface area contributed by atoms with Crippen molar-refractivity contribution in [3.63, 3.8) is 0 Å². The van der Waals surface area contributed by atoms with Crippen LogP contribution in [-0.2, 0) is 0 Å². The number of nitrogens with zero attached hydrogens (tertiary/aromatic N) is 1. The smallest absolute Gasteiger partial charge is 0.0345 e. The van der Waals surface area contributed by atoms with Gasteiger partial charge in [0.2, 0.25) is 0 Å². The van der Waals surface area contributed by atoms with Gasteiger partial charge in [-0.3, -0.25) is 4.98 Å². The van der Waals surface area contributed by atoms with Crippen LogP contribution in [0.2, 0.25) is 0 Å². The molecule has 0 radical (unpaired) electrons. The Labute approximate surface area is 78.8 Å². The second-order valence-corrected chi connectivity index (χ2v) is 3.35. The van der Waals surface area contributed by atoms with E-state index in [4.69, 9.17) is 0 Å². The maximum Gasteiger partial charge on any atom is 0.0345 e. The fraction of sp³-hybridized carbons (Fsp3) is 0.250. The first-order chi connectivity index (χ1) is 6.38. The number of allylic oxidation sites excluding steroid dienone is 4. The van der Waals surface area contributed by atoms with Crippen LogP contribution in [0.5, 0.6) is 0 Å². The SMILES string of the molecule is Cc1ccncc1C1=CC=CCC1. The van der Waals surface area contributed by atoms with E-state index in [1.807, 2.05) is 12.4 Å². The number of pyridine rings is 1. The zero-order chi connectivity index (χ0) is 9.10. The van der Waals surface area contributed by atoms with E-state index in [9.17, 15) is 0 Å². The van der Waals surface area contributed by atoms with Gasteiger partial charge in [0.05, 0.1) is 0 Å². The Morgan fingerprint density at radius 2 is 2.31 bits per heavy atom. The summed E-state index contributed by atoms with van der Waals surface area (Å²) >= 11 is 0. The largest absolute Gasteiger partial charge is 0.264 e. The normalized spacial score (nSPS) is 15.6. The number of hydrogen-bond donors (Lipinski definition) is 0. The van der Waals surface area contributed by atoms with E-state index in [-0.39, 0.29) is 0 Å². The highest BCUT2D eigenvalue weighted by Crippen LogP contribution is 2.24. The highest BCUT2D eigenvalue weighted by molar-refractivity contribution is 5.69. The lowest BCUT2D eigenvalue weighted by Crippen LogP contribution is -1.92. The molecule has 0 N–H and O–H groups in total. The molecule has 1 nitrogen and oxygen atoms in total. The van der Waals surface area contributed by atoms with Gasteiger partial charge in [0.15, 0.2) is 0 Å². The number of aryl methyl sites for hydroxylation is 1. The standard InChI is InChI=1S/C12H13N/c1-10-7-8-13-9-12(10)11-5-3-2-4-6-11/h2-3,5,7-9H,4,6H2,1H3. The van der Waals surface area contributed by atoms with Crippen molar-refractivity contribution in [2.75, 3.05) is 0 Å². The first-order valence-electron chi connectivity index (χ1n) is 4.64. The molecule has 0 fully saturated rings. The maximum atomic E-state index is 4.16. The van der Waals surface area contributed by atoms with Gasteiger partial charge in [0, 0.05) is 12.4 Å². The van der Waals surface area contributed by atoms with E-state index < -0.39 is 0 Å². The molecule has 1 aromatic heterocycles. The van der Waals surface area contributed by atoms with Crippen LogP contribution < -0.4 is 0 Å². The van der Waals surface area contributed by atoms with Gasteiger partial charge in [0.25, 0.3) is 0 Å². The monoisotopic (exact) mass is 171 g/mol. The summed E-state index contributed by atoms with van der Waals surface area (Å²) < 4.78 is 0. The van der Waals surface area contributed by atoms with E-state index in [0.717, 1.165) is 12.8 Å². The first-order valence-corrected chi connectivity index (χ1v) is 4.64. The van der Waals surface area contributed by atoms with Crippen molar-refractivity contribution in [2.45, 2.75) is 19.8 Å². The molecule has 0 amide bonds. The Bertz CT molecular complexity index is 361. The van der Waals surface area contributed by atoms with E-state index in [1.54, 1.807) is 0 Å². The van der Waals surface area contributed by atoms with Gasteiger partial charge in [-0.2, -0.15) is 0 Å². The fourth-order valence-corrected chi connectivity index (χ4v) is 1.63. The lowest BCUT2D eigenvalue weighted by Gasteiger charge is -2.10. The van der Waals surface area contributed by atoms with E-state index in [1.165, 1.54) is 16.7 Å². The Morgan fingerprint density at radius 1 is 1.38 bits per heavy atom. The molecule has 0 spiro atoms. The van der Waals surface area contributed by atoms with Crippen LogP contribution in [-0.4, -0.2) is 4.98 Å². The Hall–Kier alpha value is -1.37. The van der Waals surface area contributed by atoms with Crippen LogP contribution in [0.4, 0.5) is 0 Å². The summed E-state index contributed by atoms with van der Waals surface area (Å²) in [6, 6.07) is 2.06. The summed E-state index contributed by atoms with van der Waals surface area (Å²) in [7, 11) is 0. The molecule has 1 aliphatic rings. The average molecular weight is 171 g/mol. The predicted octanol–water partition coefficient (Wildman–Crippen LogP) is 3.12. The van der Waals surface area contributed by atoms with Crippen molar-refractivity contribution < 1.29 is 0 Å². The zero-order valence-corrected chi connectivity index (χ0v) is 7.83. The molecular formula is C12H13N. The van der Waals surface area contributed by atoms with E-state index >= 15 is 0 Å². The number of hydrogen-bond acceptors (Lipinski definition) is 1. The Kier molecular flexibility index (Phi) is 2.26. The zero-order valence-electron chi connectivity index (χ0n) is 7.83. The third kappa shape index (κ3) is 1.69. The molecule has 0 saturated carbocycles. The average Bonchev–Trinajstić information content (AvgIpc) is 2.20. The topological polar surface area (TPSA) is 12.9 Å². The van der Waals surface area contributed by atoms with Crippen molar-refractivity contribution in [1.82, 2.24) is 4.98 Å². The second-order valence-electron chi connectivity index (χ2n) is 3.35. The van der Waals surface area contributed by atoms with Crippen molar-refractivity contribution in [3.05, 3.63) is 47.8 Å². The summed E-state index contributed by atoms with van der Waals surface area (Å²) in [5.74, 6) is 0. The van der Waals surface area contributed by atoms with E-state index in [0.29, 0.717) is 0 Å². The minimum Gasteiger partial charge on any atom is -0.264 e. The van der Waals surface area contributed by atoms with Crippen LogP contribution in [0.1, 0.15) is 24.0 Å². The molecule has 0 aromatic carbocycles. The highest BCUT2D eigenvalue weighted by Gasteiger charge is 2.05. The van der Waals surface area contributed by atoms with Gasteiger partial charge in [-0.25, -0.2) is 0 Å². The quantitative estimate of drug-likeness (QED) is 0.632. The van der Waals surface area contributed by atoms with Crippen LogP contribution in [0, 0.1) is 6.92 Å². The van der Waals surface area contributed by atoms with Gasteiger partial charge < -0.3 is 0 Å². The Morgan fingerprint density at radius 3 is 3.00 bits per heavy atom. The summed E-state index contributed by atoms with van der Waals surface area (Å²) in [6.07, 6.45) is 12.6. The van der Waals surface area contributed by atoms with E-state index in [2.05, 4.69) is 36.2 Å². The lowest BCUT2D eigenvalue weighted by atomic mass is 9.96. The second kappa shape index (κ2) is 3.56. The fourth-order valence-electron chi connectivity index (χ4n) is 1.63. The van der Waals surface area contributed by atoms with Crippen molar-refractivity contribution in [1.29, 1.82) is 0 Å². The molecule has 1 aromatic rings. The van der Waals surface area contributed by atoms with Crippen molar-refractivity contribution in [2.24, 2.45) is 0 Å². The number of rotatable bonds is 1. The minimum atomic E-state index is 1.14. The molecule has 1 heterocycles. The summed E-state index contributed by atoms with van der Waals surface area (Å²) in [6.45, 7) is 2.14. The highest BCUT2D eigenvalue weighted by atomic mass is 14.6. The van der Waals surface area contributed by atoms with Crippen LogP contribution in [0.15, 0.2) is 36.7 Å². The molecule has 0 saturated heterocycles. The minimum absolute atomic E-state index is 1.14. The molecule has 1 aliphatic carbocycles. The Balaban J connectivity index is 2.40. The molecule has 0 bridgehead atoms. The van der Waals surface area contributed by atoms with Gasteiger partial charge in [0.1, 0.15) is 0 Å². The molecule has 2 rings (SSSR count). The van der Waals surface area contributed by atoms with Crippen LogP contribution in [0.3, 0.4) is 0 Å². The van der Waals surface area contributed by atoms with Crippen molar-refractivity contribution >= 4 is 5.57 Å². The first kappa shape index (κ1) is 8.24. The molecule has 66 valence electrons. The van der Waals surface area contributed by atoms with Crippen LogP contribution >= 0.6 is 0 Å². The van der Waals surface area contributed by atoms with Gasteiger partial charge in [-0.05, 0) is 42.5 Å². The molecule has 0 unspecified atom stereocenters. The van der Waals surface area contributed by atoms with Crippen LogP contribution in [0.25, 0.3) is 5.57 Å². The molecule has 1 heteroatoms. The third-order valence-corrected chi connectivity index (χ3v) is 2.40. The lowest BCUT2D eigenvalue weighted by molar-refractivity contribution is 1.05. The molecular weight excluding hydrogens is 158 g/mol. The van der Waals surface area contributed by atoms with Gasteiger partial charge in [-0.15, -0.1) is 0 Å². The molecule has 0 atom stereocenters. The number of aromatic nitrogens is 1. The predicted molar refractivity (Wildman–Crippen MR) is 55.3 cm³/mol. The molecule has 0 aliphatic heterocycles. The third-order valence-electron chi connectivity index (χ3n) is 2.40. The summed E-state index contributed by atoms with van der Waals surface area (Å²) in [4.78, 5) is 4.16. The summed E-state index contributed by atoms with van der Waals surface area (Å²) in [5.41, 5.74) is 4.02. The maximum absolute atomic E-state index is 4.16.